The van der Waals surface area contributed by atoms with Gasteiger partial charge < -0.3 is 20.1 Å². The van der Waals surface area contributed by atoms with E-state index >= 15 is 0 Å². The van der Waals surface area contributed by atoms with E-state index in [1.165, 1.54) is 12.1 Å². The number of hydrogen-bond donors (Lipinski definition) is 2. The Labute approximate surface area is 152 Å². The van der Waals surface area contributed by atoms with E-state index in [4.69, 9.17) is 9.47 Å². The maximum Gasteiger partial charge on any atom is 0.242 e. The summed E-state index contributed by atoms with van der Waals surface area (Å²) in [5, 5.41) is 6.06. The van der Waals surface area contributed by atoms with E-state index in [0.29, 0.717) is 31.9 Å². The smallest absolute Gasteiger partial charge is 0.242 e. The Morgan fingerprint density at radius 2 is 1.85 bits per heavy atom. The van der Waals surface area contributed by atoms with Crippen molar-refractivity contribution in [3.05, 3.63) is 53.8 Å². The van der Waals surface area contributed by atoms with Gasteiger partial charge in [-0.15, -0.1) is 0 Å². The van der Waals surface area contributed by atoms with Gasteiger partial charge in [0, 0.05) is 24.7 Å². The van der Waals surface area contributed by atoms with E-state index in [2.05, 4.69) is 10.6 Å². The van der Waals surface area contributed by atoms with Crippen molar-refractivity contribution in [1.29, 1.82) is 0 Å². The van der Waals surface area contributed by atoms with E-state index in [1.54, 1.807) is 19.1 Å². The van der Waals surface area contributed by atoms with E-state index in [1.807, 2.05) is 18.2 Å². The van der Waals surface area contributed by atoms with Crippen LogP contribution in [-0.2, 0) is 11.2 Å². The number of rotatable bonds is 6. The van der Waals surface area contributed by atoms with Gasteiger partial charge in [0.1, 0.15) is 11.9 Å². The van der Waals surface area contributed by atoms with Gasteiger partial charge in [-0.1, -0.05) is 12.1 Å². The zero-order valence-electron chi connectivity index (χ0n) is 14.8. The highest BCUT2D eigenvalue weighted by Gasteiger charge is 2.15. The summed E-state index contributed by atoms with van der Waals surface area (Å²) < 4.78 is 24.1. The number of carbonyl (C=O) groups is 1. The highest BCUT2D eigenvalue weighted by molar-refractivity contribution is 5.84. The molecule has 2 aromatic rings. The minimum Gasteiger partial charge on any atom is -0.490 e. The Hall–Kier alpha value is -2.76. The fourth-order valence-corrected chi connectivity index (χ4v) is 2.70. The lowest BCUT2D eigenvalue weighted by Crippen LogP contribution is -2.38. The number of anilines is 1. The first-order chi connectivity index (χ1) is 12.6. The molecule has 1 aliphatic rings. The Morgan fingerprint density at radius 3 is 2.62 bits per heavy atom. The fourth-order valence-electron chi connectivity index (χ4n) is 2.70. The van der Waals surface area contributed by atoms with Gasteiger partial charge in [-0.2, -0.15) is 0 Å². The van der Waals surface area contributed by atoms with Crippen molar-refractivity contribution in [2.75, 3.05) is 25.1 Å². The van der Waals surface area contributed by atoms with Gasteiger partial charge in [-0.3, -0.25) is 4.79 Å². The Kier molecular flexibility index (Phi) is 5.94. The fraction of sp³-hybridized carbons (Fsp3) is 0.350. The van der Waals surface area contributed by atoms with Crippen molar-refractivity contribution in [1.82, 2.24) is 5.32 Å². The van der Waals surface area contributed by atoms with E-state index in [-0.39, 0.29) is 11.7 Å². The van der Waals surface area contributed by atoms with Crippen LogP contribution in [0.15, 0.2) is 42.5 Å². The average molecular weight is 358 g/mol. The van der Waals surface area contributed by atoms with Crippen LogP contribution >= 0.6 is 0 Å². The minimum absolute atomic E-state index is 0.0979. The second kappa shape index (κ2) is 8.56. The predicted octanol–water partition coefficient (Wildman–Crippen LogP) is 3.15. The predicted molar refractivity (Wildman–Crippen MR) is 98.2 cm³/mol. The summed E-state index contributed by atoms with van der Waals surface area (Å²) >= 11 is 0. The van der Waals surface area contributed by atoms with Crippen LogP contribution in [0.3, 0.4) is 0 Å². The maximum absolute atomic E-state index is 12.9. The van der Waals surface area contributed by atoms with Crippen molar-refractivity contribution >= 4 is 11.6 Å². The molecule has 1 amide bonds. The molecule has 0 aliphatic carbocycles. The molecule has 6 heteroatoms. The first-order valence-corrected chi connectivity index (χ1v) is 8.80. The lowest BCUT2D eigenvalue weighted by atomic mass is 10.1. The van der Waals surface area contributed by atoms with Gasteiger partial charge in [0.05, 0.1) is 13.2 Å². The number of fused-ring (bicyclic) bond motifs is 1. The van der Waals surface area contributed by atoms with Crippen LogP contribution in [0, 0.1) is 5.82 Å². The Balaban J connectivity index is 1.49. The molecular weight excluding hydrogens is 335 g/mol. The average Bonchev–Trinajstić information content (AvgIpc) is 2.88. The number of halogens is 1. The second-order valence-corrected chi connectivity index (χ2v) is 6.25. The van der Waals surface area contributed by atoms with Crippen LogP contribution in [0.1, 0.15) is 18.9 Å². The standard InChI is InChI=1S/C20H23FN2O3/c1-14(20(24)22-10-9-15-3-5-16(21)6-4-15)23-17-7-8-18-19(13-17)26-12-2-11-25-18/h3-8,13-14,23H,2,9-12H2,1H3,(H,22,24). The molecule has 138 valence electrons. The molecule has 1 atom stereocenters. The molecule has 0 bridgehead atoms. The monoisotopic (exact) mass is 358 g/mol. The molecule has 5 nitrogen and oxygen atoms in total. The summed E-state index contributed by atoms with van der Waals surface area (Å²) in [7, 11) is 0. The molecule has 0 saturated heterocycles. The molecule has 0 spiro atoms. The van der Waals surface area contributed by atoms with Crippen LogP contribution in [0.25, 0.3) is 0 Å². The molecule has 1 unspecified atom stereocenters. The van der Waals surface area contributed by atoms with Crippen molar-refractivity contribution in [2.24, 2.45) is 0 Å². The van der Waals surface area contributed by atoms with Crippen LogP contribution in [-0.4, -0.2) is 31.7 Å². The molecule has 1 heterocycles. The third kappa shape index (κ3) is 4.88. The summed E-state index contributed by atoms with van der Waals surface area (Å²) in [4.78, 5) is 12.2. The number of ether oxygens (including phenoxy) is 2. The molecule has 26 heavy (non-hydrogen) atoms. The van der Waals surface area contributed by atoms with Crippen LogP contribution in [0.2, 0.25) is 0 Å². The molecule has 2 N–H and O–H groups in total. The SMILES string of the molecule is CC(Nc1ccc2c(c1)OCCCO2)C(=O)NCCc1ccc(F)cc1. The molecule has 1 aliphatic heterocycles. The third-order valence-electron chi connectivity index (χ3n) is 4.15. The van der Waals surface area contributed by atoms with Crippen LogP contribution < -0.4 is 20.1 Å². The Bertz CT molecular complexity index is 749. The lowest BCUT2D eigenvalue weighted by Gasteiger charge is -2.16. The topological polar surface area (TPSA) is 59.6 Å². The lowest BCUT2D eigenvalue weighted by molar-refractivity contribution is -0.121. The summed E-state index contributed by atoms with van der Waals surface area (Å²) in [6.45, 7) is 3.57. The summed E-state index contributed by atoms with van der Waals surface area (Å²) in [5.74, 6) is 1.06. The Morgan fingerprint density at radius 1 is 1.12 bits per heavy atom. The third-order valence-corrected chi connectivity index (χ3v) is 4.15. The van der Waals surface area contributed by atoms with Crippen molar-refractivity contribution < 1.29 is 18.7 Å². The maximum atomic E-state index is 12.9. The highest BCUT2D eigenvalue weighted by atomic mass is 19.1. The van der Waals surface area contributed by atoms with E-state index < -0.39 is 6.04 Å². The quantitative estimate of drug-likeness (QED) is 0.833. The first-order valence-electron chi connectivity index (χ1n) is 8.80. The van der Waals surface area contributed by atoms with Gasteiger partial charge in [-0.05, 0) is 43.2 Å². The number of benzene rings is 2. The molecule has 3 rings (SSSR count). The summed E-state index contributed by atoms with van der Waals surface area (Å²) in [6.07, 6.45) is 1.51. The van der Waals surface area contributed by atoms with Gasteiger partial charge in [0.2, 0.25) is 5.91 Å². The van der Waals surface area contributed by atoms with Gasteiger partial charge in [0.15, 0.2) is 11.5 Å². The molecule has 0 saturated carbocycles. The van der Waals surface area contributed by atoms with E-state index in [9.17, 15) is 9.18 Å². The molecule has 0 radical (unpaired) electrons. The molecule has 0 fully saturated rings. The minimum atomic E-state index is -0.395. The van der Waals surface area contributed by atoms with Gasteiger partial charge >= 0.3 is 0 Å². The van der Waals surface area contributed by atoms with Crippen LogP contribution in [0.5, 0.6) is 11.5 Å². The van der Waals surface area contributed by atoms with Crippen molar-refractivity contribution in [3.63, 3.8) is 0 Å². The molecule has 2 aromatic carbocycles. The van der Waals surface area contributed by atoms with E-state index in [0.717, 1.165) is 23.4 Å². The summed E-state index contributed by atoms with van der Waals surface area (Å²) in [6, 6.07) is 11.5. The molecule has 0 aromatic heterocycles. The van der Waals surface area contributed by atoms with Crippen molar-refractivity contribution in [3.8, 4) is 11.5 Å². The highest BCUT2D eigenvalue weighted by Crippen LogP contribution is 2.32. The zero-order chi connectivity index (χ0) is 18.4. The van der Waals surface area contributed by atoms with Gasteiger partial charge in [-0.25, -0.2) is 4.39 Å². The molecular formula is C20H23FN2O3. The number of hydrogen-bond acceptors (Lipinski definition) is 4. The van der Waals surface area contributed by atoms with Gasteiger partial charge in [0.25, 0.3) is 0 Å². The first kappa shape index (κ1) is 18.0. The largest absolute Gasteiger partial charge is 0.490 e. The number of amides is 1. The zero-order valence-corrected chi connectivity index (χ0v) is 14.8. The van der Waals surface area contributed by atoms with Crippen molar-refractivity contribution in [2.45, 2.75) is 25.8 Å². The van der Waals surface area contributed by atoms with Crippen LogP contribution in [0.4, 0.5) is 10.1 Å². The summed E-state index contributed by atoms with van der Waals surface area (Å²) in [5.41, 5.74) is 1.78. The number of nitrogens with one attached hydrogen (secondary N) is 2. The number of carbonyl (C=O) groups excluding carboxylic acids is 1. The second-order valence-electron chi connectivity index (χ2n) is 6.25. The normalized spacial score (nSPS) is 14.2.